The van der Waals surface area contributed by atoms with Crippen LogP contribution in [0.5, 0.6) is 0 Å². The van der Waals surface area contributed by atoms with Gasteiger partial charge in [-0.3, -0.25) is 4.72 Å². The van der Waals surface area contributed by atoms with Gasteiger partial charge in [0.25, 0.3) is 10.0 Å². The summed E-state index contributed by atoms with van der Waals surface area (Å²) in [4.78, 5) is 1.65. The molecule has 0 fully saturated rings. The number of anilines is 1. The van der Waals surface area contributed by atoms with Crippen LogP contribution in [0, 0.1) is 0 Å². The standard InChI is InChI=1S/C20H23NO2S2/c1-13(2)19-17-12-15(10-11-18(17)24-20(19)14(3)4)21-25(22,23)16-8-6-5-7-9-16/h5-14,21H,1-4H3. The zero-order valence-electron chi connectivity index (χ0n) is 14.9. The fourth-order valence-corrected chi connectivity index (χ4v) is 5.45. The van der Waals surface area contributed by atoms with Crippen molar-refractivity contribution in [1.29, 1.82) is 0 Å². The minimum atomic E-state index is -3.57. The molecule has 0 unspecified atom stereocenters. The lowest BCUT2D eigenvalue weighted by molar-refractivity contribution is 0.601. The van der Waals surface area contributed by atoms with Crippen molar-refractivity contribution in [2.45, 2.75) is 44.4 Å². The quantitative estimate of drug-likeness (QED) is 0.601. The lowest BCUT2D eigenvalue weighted by atomic mass is 9.95. The van der Waals surface area contributed by atoms with Gasteiger partial charge in [0.2, 0.25) is 0 Å². The molecule has 25 heavy (non-hydrogen) atoms. The molecule has 5 heteroatoms. The highest BCUT2D eigenvalue weighted by Crippen LogP contribution is 2.41. The third-order valence-electron chi connectivity index (χ3n) is 4.16. The van der Waals surface area contributed by atoms with Gasteiger partial charge >= 0.3 is 0 Å². The van der Waals surface area contributed by atoms with E-state index in [9.17, 15) is 8.42 Å². The first-order valence-electron chi connectivity index (χ1n) is 8.44. The summed E-state index contributed by atoms with van der Waals surface area (Å²) < 4.78 is 29.0. The van der Waals surface area contributed by atoms with Crippen molar-refractivity contribution in [2.24, 2.45) is 0 Å². The summed E-state index contributed by atoms with van der Waals surface area (Å²) in [5, 5.41) is 1.15. The molecule has 132 valence electrons. The Balaban J connectivity index is 2.06. The molecule has 0 bridgehead atoms. The van der Waals surface area contributed by atoms with E-state index in [0.717, 1.165) is 5.39 Å². The highest BCUT2D eigenvalue weighted by atomic mass is 32.2. The number of hydrogen-bond acceptors (Lipinski definition) is 3. The number of rotatable bonds is 5. The Morgan fingerprint density at radius 2 is 1.60 bits per heavy atom. The highest BCUT2D eigenvalue weighted by Gasteiger charge is 2.19. The zero-order chi connectivity index (χ0) is 18.2. The minimum absolute atomic E-state index is 0.271. The number of sulfonamides is 1. The molecule has 0 saturated heterocycles. The summed E-state index contributed by atoms with van der Waals surface area (Å²) in [7, 11) is -3.57. The Labute approximate surface area is 153 Å². The first-order valence-corrected chi connectivity index (χ1v) is 10.7. The summed E-state index contributed by atoms with van der Waals surface area (Å²) >= 11 is 1.81. The average Bonchev–Trinajstić information content (AvgIpc) is 2.94. The first-order chi connectivity index (χ1) is 11.8. The number of nitrogens with one attached hydrogen (secondary N) is 1. The highest BCUT2D eigenvalue weighted by molar-refractivity contribution is 7.92. The normalized spacial score (nSPS) is 12.2. The molecular weight excluding hydrogens is 350 g/mol. The van der Waals surface area contributed by atoms with Crippen molar-refractivity contribution in [2.75, 3.05) is 4.72 Å². The Kier molecular flexibility index (Phi) is 4.89. The second-order valence-corrected chi connectivity index (χ2v) is 9.59. The predicted octanol–water partition coefficient (Wildman–Crippen LogP) is 5.95. The van der Waals surface area contributed by atoms with Crippen molar-refractivity contribution in [3.8, 4) is 0 Å². The third-order valence-corrected chi connectivity index (χ3v) is 7.05. The van der Waals surface area contributed by atoms with Crippen LogP contribution >= 0.6 is 11.3 Å². The molecule has 1 heterocycles. The van der Waals surface area contributed by atoms with Gasteiger partial charge in [0, 0.05) is 15.3 Å². The van der Waals surface area contributed by atoms with Crippen LogP contribution in [0.2, 0.25) is 0 Å². The number of thiophene rings is 1. The maximum atomic E-state index is 12.6. The van der Waals surface area contributed by atoms with Gasteiger partial charge in [-0.1, -0.05) is 45.9 Å². The molecular formula is C20H23NO2S2. The summed E-state index contributed by atoms with van der Waals surface area (Å²) in [6, 6.07) is 14.3. The van der Waals surface area contributed by atoms with E-state index in [1.54, 1.807) is 41.7 Å². The average molecular weight is 374 g/mol. The van der Waals surface area contributed by atoms with Crippen LogP contribution in [-0.4, -0.2) is 8.42 Å². The fourth-order valence-electron chi connectivity index (χ4n) is 3.04. The summed E-state index contributed by atoms with van der Waals surface area (Å²) in [6.45, 7) is 8.79. The SMILES string of the molecule is CC(C)c1sc2ccc(NS(=O)(=O)c3ccccc3)cc2c1C(C)C. The molecule has 0 radical (unpaired) electrons. The molecule has 0 spiro atoms. The molecule has 1 N–H and O–H groups in total. The van der Waals surface area contributed by atoms with Crippen LogP contribution in [0.3, 0.4) is 0 Å². The van der Waals surface area contributed by atoms with E-state index in [4.69, 9.17) is 0 Å². The molecule has 3 aromatic rings. The van der Waals surface area contributed by atoms with Gasteiger partial charge in [-0.05, 0) is 53.1 Å². The van der Waals surface area contributed by atoms with Gasteiger partial charge in [0.05, 0.1) is 4.90 Å². The molecule has 0 aliphatic heterocycles. The molecule has 0 atom stereocenters. The maximum Gasteiger partial charge on any atom is 0.261 e. The van der Waals surface area contributed by atoms with Gasteiger partial charge in [-0.25, -0.2) is 8.42 Å². The molecule has 1 aromatic heterocycles. The van der Waals surface area contributed by atoms with Crippen molar-refractivity contribution < 1.29 is 8.42 Å². The number of fused-ring (bicyclic) bond motifs is 1. The van der Waals surface area contributed by atoms with Crippen LogP contribution in [0.1, 0.15) is 50.0 Å². The van der Waals surface area contributed by atoms with E-state index in [-0.39, 0.29) is 4.90 Å². The smallest absolute Gasteiger partial charge is 0.261 e. The van der Waals surface area contributed by atoms with Crippen LogP contribution < -0.4 is 4.72 Å². The van der Waals surface area contributed by atoms with Crippen molar-refractivity contribution in [1.82, 2.24) is 0 Å². The summed E-state index contributed by atoms with van der Waals surface area (Å²) in [5.74, 6) is 0.853. The van der Waals surface area contributed by atoms with Crippen LogP contribution in [0.15, 0.2) is 53.4 Å². The molecule has 3 nitrogen and oxygen atoms in total. The van der Waals surface area contributed by atoms with Gasteiger partial charge in [-0.15, -0.1) is 11.3 Å². The van der Waals surface area contributed by atoms with Crippen molar-refractivity contribution >= 4 is 37.1 Å². The minimum Gasteiger partial charge on any atom is -0.280 e. The fraction of sp³-hybridized carbons (Fsp3) is 0.300. The molecule has 0 aliphatic rings. The topological polar surface area (TPSA) is 46.2 Å². The first kappa shape index (κ1) is 18.0. The van der Waals surface area contributed by atoms with Crippen LogP contribution in [-0.2, 0) is 10.0 Å². The Morgan fingerprint density at radius 1 is 0.920 bits per heavy atom. The van der Waals surface area contributed by atoms with Crippen LogP contribution in [0.4, 0.5) is 5.69 Å². The summed E-state index contributed by atoms with van der Waals surface area (Å²) in [6.07, 6.45) is 0. The van der Waals surface area contributed by atoms with E-state index in [0.29, 0.717) is 17.5 Å². The molecule has 0 saturated carbocycles. The van der Waals surface area contributed by atoms with Gasteiger partial charge in [-0.2, -0.15) is 0 Å². The zero-order valence-corrected chi connectivity index (χ0v) is 16.5. The second kappa shape index (κ2) is 6.81. The van der Waals surface area contributed by atoms with Crippen molar-refractivity contribution in [3.05, 3.63) is 59.0 Å². The van der Waals surface area contributed by atoms with Gasteiger partial charge in [0.1, 0.15) is 0 Å². The lowest BCUT2D eigenvalue weighted by Gasteiger charge is -2.12. The van der Waals surface area contributed by atoms with E-state index in [2.05, 4.69) is 32.4 Å². The van der Waals surface area contributed by atoms with E-state index in [1.807, 2.05) is 18.2 Å². The van der Waals surface area contributed by atoms with E-state index < -0.39 is 10.0 Å². The van der Waals surface area contributed by atoms with Crippen LogP contribution in [0.25, 0.3) is 10.1 Å². The Bertz CT molecular complexity index is 987. The van der Waals surface area contributed by atoms with E-state index >= 15 is 0 Å². The van der Waals surface area contributed by atoms with Gasteiger partial charge < -0.3 is 0 Å². The molecule has 0 amide bonds. The van der Waals surface area contributed by atoms with Gasteiger partial charge in [0.15, 0.2) is 0 Å². The lowest BCUT2D eigenvalue weighted by Crippen LogP contribution is -2.12. The van der Waals surface area contributed by atoms with Crippen molar-refractivity contribution in [3.63, 3.8) is 0 Å². The Hall–Kier alpha value is -1.85. The predicted molar refractivity (Wildman–Crippen MR) is 107 cm³/mol. The Morgan fingerprint density at radius 3 is 2.20 bits per heavy atom. The third kappa shape index (κ3) is 3.58. The second-order valence-electron chi connectivity index (χ2n) is 6.82. The maximum absolute atomic E-state index is 12.6. The number of hydrogen-bond donors (Lipinski definition) is 1. The largest absolute Gasteiger partial charge is 0.280 e. The number of benzene rings is 2. The molecule has 0 aliphatic carbocycles. The van der Waals surface area contributed by atoms with E-state index in [1.165, 1.54) is 15.1 Å². The monoisotopic (exact) mass is 373 g/mol. The summed E-state index contributed by atoms with van der Waals surface area (Å²) in [5.41, 5.74) is 1.93. The molecule has 2 aromatic carbocycles. The molecule has 3 rings (SSSR count).